The summed E-state index contributed by atoms with van der Waals surface area (Å²) in [6, 6.07) is 13.8. The van der Waals surface area contributed by atoms with Crippen molar-refractivity contribution < 1.29 is 19.7 Å². The molecule has 2 aromatic rings. The molecule has 1 aliphatic heterocycles. The van der Waals surface area contributed by atoms with Crippen LogP contribution in [-0.4, -0.2) is 53.6 Å². The van der Waals surface area contributed by atoms with Gasteiger partial charge in [0.25, 0.3) is 0 Å². The first-order valence-electron chi connectivity index (χ1n) is 10.5. The van der Waals surface area contributed by atoms with Gasteiger partial charge in [0, 0.05) is 17.0 Å². The molecule has 29 heavy (non-hydrogen) atoms. The van der Waals surface area contributed by atoms with Gasteiger partial charge in [0.1, 0.15) is 5.75 Å². The highest BCUT2D eigenvalue weighted by Crippen LogP contribution is 2.61. The van der Waals surface area contributed by atoms with E-state index in [1.54, 1.807) is 7.11 Å². The normalized spacial score (nSPS) is 33.5. The van der Waals surface area contributed by atoms with Crippen molar-refractivity contribution in [2.75, 3.05) is 20.7 Å². The highest BCUT2D eigenvalue weighted by molar-refractivity contribution is 5.60. The number of aliphatic hydroxyl groups excluding tert-OH is 1. The predicted octanol–water partition coefficient (Wildman–Crippen LogP) is 3.26. The minimum absolute atomic E-state index is 0.0502. The number of aliphatic hydroxyl groups is 2. The number of benzene rings is 2. The Balaban J connectivity index is 1.75. The quantitative estimate of drug-likeness (QED) is 0.835. The van der Waals surface area contributed by atoms with Crippen LogP contribution in [0.3, 0.4) is 0 Å². The number of hydrogen-bond donors (Lipinski definition) is 2. The Labute approximate surface area is 171 Å². The molecule has 2 bridgehead atoms. The molecule has 2 N–H and O–H groups in total. The first-order valence-corrected chi connectivity index (χ1v) is 10.5. The summed E-state index contributed by atoms with van der Waals surface area (Å²) in [4.78, 5) is 2.29. The summed E-state index contributed by atoms with van der Waals surface area (Å²) in [6.07, 6.45) is 2.94. The molecule has 2 aliphatic carbocycles. The van der Waals surface area contributed by atoms with Crippen molar-refractivity contribution in [3.05, 3.63) is 53.6 Å². The third kappa shape index (κ3) is 2.64. The largest absolute Gasteiger partial charge is 0.493 e. The zero-order valence-corrected chi connectivity index (χ0v) is 17.1. The van der Waals surface area contributed by atoms with Crippen LogP contribution in [0.5, 0.6) is 17.2 Å². The lowest BCUT2D eigenvalue weighted by atomic mass is 9.49. The van der Waals surface area contributed by atoms with Crippen LogP contribution in [0.2, 0.25) is 0 Å². The fraction of sp³-hybridized carbons (Fsp3) is 0.500. The molecule has 2 fully saturated rings. The number of nitrogens with zero attached hydrogens (tertiary/aromatic N) is 1. The zero-order valence-electron chi connectivity index (χ0n) is 17.1. The first kappa shape index (κ1) is 18.9. The number of likely N-dealkylation sites (tertiary alicyclic amines) is 1. The van der Waals surface area contributed by atoms with Gasteiger partial charge in [0.15, 0.2) is 11.5 Å². The smallest absolute Gasteiger partial charge is 0.173 e. The molecule has 5 heteroatoms. The van der Waals surface area contributed by atoms with Crippen LogP contribution in [0.4, 0.5) is 0 Å². The summed E-state index contributed by atoms with van der Waals surface area (Å²) in [7, 11) is 3.76. The van der Waals surface area contributed by atoms with Crippen LogP contribution in [0.25, 0.3) is 0 Å². The number of ether oxygens (including phenoxy) is 2. The van der Waals surface area contributed by atoms with Gasteiger partial charge in [-0.05, 0) is 69.5 Å². The van der Waals surface area contributed by atoms with Crippen molar-refractivity contribution in [2.45, 2.75) is 55.3 Å². The number of likely N-dealkylation sites (N-methyl/N-ethyl adjacent to an activating group) is 1. The molecule has 5 rings (SSSR count). The second-order valence-electron chi connectivity index (χ2n) is 8.90. The Morgan fingerprint density at radius 3 is 2.66 bits per heavy atom. The maximum Gasteiger partial charge on any atom is 0.173 e. The summed E-state index contributed by atoms with van der Waals surface area (Å²) in [5.74, 6) is 2.10. The number of fused-ring (bicyclic) bond motifs is 1. The first-order chi connectivity index (χ1) is 14.0. The van der Waals surface area contributed by atoms with Crippen LogP contribution >= 0.6 is 0 Å². The summed E-state index contributed by atoms with van der Waals surface area (Å²) >= 11 is 0. The fourth-order valence-electron chi connectivity index (χ4n) is 6.14. The van der Waals surface area contributed by atoms with E-state index in [4.69, 9.17) is 9.47 Å². The van der Waals surface area contributed by atoms with E-state index in [-0.39, 0.29) is 6.04 Å². The molecular weight excluding hydrogens is 366 g/mol. The van der Waals surface area contributed by atoms with Crippen LogP contribution in [0.1, 0.15) is 36.8 Å². The summed E-state index contributed by atoms with van der Waals surface area (Å²) in [6.45, 7) is 0.890. The fourth-order valence-corrected chi connectivity index (χ4v) is 6.14. The predicted molar refractivity (Wildman–Crippen MR) is 111 cm³/mol. The van der Waals surface area contributed by atoms with Gasteiger partial charge in [-0.2, -0.15) is 0 Å². The van der Waals surface area contributed by atoms with Crippen LogP contribution < -0.4 is 9.47 Å². The molecule has 0 unspecified atom stereocenters. The molecule has 0 spiro atoms. The third-order valence-corrected chi connectivity index (χ3v) is 7.53. The Morgan fingerprint density at radius 2 is 1.90 bits per heavy atom. The minimum atomic E-state index is -0.882. The molecule has 1 heterocycles. The molecule has 0 aromatic heterocycles. The van der Waals surface area contributed by atoms with Crippen molar-refractivity contribution in [1.82, 2.24) is 4.90 Å². The van der Waals surface area contributed by atoms with Gasteiger partial charge in [-0.1, -0.05) is 24.3 Å². The second-order valence-corrected chi connectivity index (χ2v) is 8.90. The summed E-state index contributed by atoms with van der Waals surface area (Å²) in [5.41, 5.74) is 0.805. The molecule has 5 nitrogen and oxygen atoms in total. The topological polar surface area (TPSA) is 62.2 Å². The number of rotatable bonds is 3. The lowest BCUT2D eigenvalue weighted by Crippen LogP contribution is -2.73. The van der Waals surface area contributed by atoms with Gasteiger partial charge in [-0.15, -0.1) is 0 Å². The van der Waals surface area contributed by atoms with E-state index in [2.05, 4.69) is 18.0 Å². The average molecular weight is 395 g/mol. The molecule has 4 atom stereocenters. The van der Waals surface area contributed by atoms with Crippen molar-refractivity contribution in [2.24, 2.45) is 0 Å². The van der Waals surface area contributed by atoms with Gasteiger partial charge in [-0.3, -0.25) is 0 Å². The number of piperidine rings is 1. The molecule has 1 saturated carbocycles. The second kappa shape index (κ2) is 6.73. The van der Waals surface area contributed by atoms with E-state index in [1.165, 1.54) is 5.56 Å². The van der Waals surface area contributed by atoms with Gasteiger partial charge in [0.2, 0.25) is 0 Å². The van der Waals surface area contributed by atoms with E-state index < -0.39 is 17.1 Å². The van der Waals surface area contributed by atoms with E-state index in [9.17, 15) is 10.2 Å². The van der Waals surface area contributed by atoms with Crippen molar-refractivity contribution >= 4 is 0 Å². The van der Waals surface area contributed by atoms with Crippen LogP contribution in [0.15, 0.2) is 42.5 Å². The standard InChI is InChI=1S/C24H29NO4/c1-25-13-12-23-15-17(26)10-11-24(23,27)20(25)14-16-8-9-19(28-2)22(21(16)23)29-18-6-4-3-5-7-18/h3-9,17,20,26-27H,10-15H2,1-2H3/t17-,20+,23+,24+/m0/s1. The molecule has 0 radical (unpaired) electrons. The maximum atomic E-state index is 12.1. The highest BCUT2D eigenvalue weighted by Gasteiger charge is 2.65. The number of methoxy groups -OCH3 is 1. The molecule has 1 saturated heterocycles. The van der Waals surface area contributed by atoms with Gasteiger partial charge in [-0.25, -0.2) is 0 Å². The van der Waals surface area contributed by atoms with E-state index in [1.807, 2.05) is 36.4 Å². The Bertz CT molecular complexity index is 917. The Kier molecular flexibility index (Phi) is 4.39. The van der Waals surface area contributed by atoms with Crippen molar-refractivity contribution in [1.29, 1.82) is 0 Å². The minimum Gasteiger partial charge on any atom is -0.493 e. The SMILES string of the molecule is COc1ccc2c(c1Oc1ccccc1)[C@]13CCN(C)[C@H](C2)[C@]1(O)CC[C@H](O)C3. The van der Waals surface area contributed by atoms with Gasteiger partial charge in [0.05, 0.1) is 18.8 Å². The maximum absolute atomic E-state index is 12.1. The lowest BCUT2D eigenvalue weighted by Gasteiger charge is -2.64. The van der Waals surface area contributed by atoms with E-state index in [0.29, 0.717) is 30.8 Å². The third-order valence-electron chi connectivity index (χ3n) is 7.53. The monoisotopic (exact) mass is 395 g/mol. The van der Waals surface area contributed by atoms with E-state index in [0.717, 1.165) is 30.7 Å². The highest BCUT2D eigenvalue weighted by atomic mass is 16.5. The van der Waals surface area contributed by atoms with E-state index >= 15 is 0 Å². The van der Waals surface area contributed by atoms with Crippen molar-refractivity contribution in [3.8, 4) is 17.2 Å². The average Bonchev–Trinajstić information content (AvgIpc) is 2.72. The molecule has 0 amide bonds. The molecule has 2 aromatic carbocycles. The van der Waals surface area contributed by atoms with Crippen LogP contribution in [-0.2, 0) is 11.8 Å². The molecular formula is C24H29NO4. The Morgan fingerprint density at radius 1 is 1.10 bits per heavy atom. The number of hydrogen-bond acceptors (Lipinski definition) is 5. The van der Waals surface area contributed by atoms with Crippen LogP contribution in [0, 0.1) is 0 Å². The van der Waals surface area contributed by atoms with Gasteiger partial charge >= 0.3 is 0 Å². The number of para-hydroxylation sites is 1. The zero-order chi connectivity index (χ0) is 20.2. The lowest BCUT2D eigenvalue weighted by molar-refractivity contribution is -0.177. The van der Waals surface area contributed by atoms with Crippen molar-refractivity contribution in [3.63, 3.8) is 0 Å². The summed E-state index contributed by atoms with van der Waals surface area (Å²) in [5, 5.41) is 22.8. The van der Waals surface area contributed by atoms with Gasteiger partial charge < -0.3 is 24.6 Å². The molecule has 3 aliphatic rings. The summed E-state index contributed by atoms with van der Waals surface area (Å²) < 4.78 is 12.1. The molecule has 154 valence electrons. The Hall–Kier alpha value is -2.08.